The normalized spacial score (nSPS) is 29.0. The highest BCUT2D eigenvalue weighted by Crippen LogP contribution is 2.25. The third-order valence-corrected chi connectivity index (χ3v) is 4.23. The topological polar surface area (TPSA) is 38.3 Å². The molecule has 0 bridgehead atoms. The molecular weight excluding hydrogens is 210 g/mol. The Morgan fingerprint density at radius 1 is 1.60 bits per heavy atom. The Morgan fingerprint density at radius 3 is 2.67 bits per heavy atom. The van der Waals surface area contributed by atoms with Crippen LogP contribution in [-0.2, 0) is 15.7 Å². The zero-order valence-corrected chi connectivity index (χ0v) is 10.7. The van der Waals surface area contributed by atoms with Crippen molar-refractivity contribution in [1.82, 2.24) is 4.72 Å². The van der Waals surface area contributed by atoms with Crippen molar-refractivity contribution in [1.29, 1.82) is 0 Å². The summed E-state index contributed by atoms with van der Waals surface area (Å²) in [6.07, 6.45) is 3.57. The number of ether oxygens (including phenoxy) is 1. The molecule has 88 valence electrons. The molecule has 2 atom stereocenters. The Kier molecular flexibility index (Phi) is 4.09. The van der Waals surface area contributed by atoms with Crippen LogP contribution in [0.15, 0.2) is 12.7 Å². The van der Waals surface area contributed by atoms with E-state index < -0.39 is 11.0 Å². The molecule has 0 aromatic heterocycles. The van der Waals surface area contributed by atoms with Crippen LogP contribution in [0.25, 0.3) is 0 Å². The summed E-state index contributed by atoms with van der Waals surface area (Å²) in [6.45, 7) is 11.0. The summed E-state index contributed by atoms with van der Waals surface area (Å²) in [5.74, 6) is 0. The Labute approximate surface area is 94.9 Å². The van der Waals surface area contributed by atoms with Crippen molar-refractivity contribution in [3.05, 3.63) is 12.7 Å². The standard InChI is InChI=1S/C11H21NO2S/c1-5-6-11(7-8-14-9-11)12-15(13)10(2,3)4/h5,12H,1,6-9H2,2-4H3/t11-,15+/m0/s1. The highest BCUT2D eigenvalue weighted by Gasteiger charge is 2.37. The monoisotopic (exact) mass is 231 g/mol. The molecule has 1 aliphatic rings. The van der Waals surface area contributed by atoms with E-state index in [9.17, 15) is 4.21 Å². The van der Waals surface area contributed by atoms with Crippen molar-refractivity contribution in [2.24, 2.45) is 0 Å². The van der Waals surface area contributed by atoms with E-state index in [1.54, 1.807) is 0 Å². The van der Waals surface area contributed by atoms with Gasteiger partial charge in [-0.1, -0.05) is 6.08 Å². The molecule has 1 rings (SSSR count). The minimum absolute atomic E-state index is 0.167. The molecule has 3 nitrogen and oxygen atoms in total. The number of nitrogens with one attached hydrogen (secondary N) is 1. The van der Waals surface area contributed by atoms with Crippen molar-refractivity contribution in [2.75, 3.05) is 13.2 Å². The van der Waals surface area contributed by atoms with E-state index in [0.717, 1.165) is 19.4 Å². The predicted octanol–water partition coefficient (Wildman–Crippen LogP) is 1.77. The van der Waals surface area contributed by atoms with Gasteiger partial charge in [-0.3, -0.25) is 0 Å². The molecule has 0 saturated carbocycles. The van der Waals surface area contributed by atoms with E-state index in [1.165, 1.54) is 0 Å². The van der Waals surface area contributed by atoms with Crippen LogP contribution in [-0.4, -0.2) is 27.7 Å². The van der Waals surface area contributed by atoms with Crippen molar-refractivity contribution in [2.45, 2.75) is 43.9 Å². The van der Waals surface area contributed by atoms with E-state index in [2.05, 4.69) is 11.3 Å². The lowest BCUT2D eigenvalue weighted by atomic mass is 9.96. The van der Waals surface area contributed by atoms with Crippen molar-refractivity contribution in [3.63, 3.8) is 0 Å². The number of hydrogen-bond acceptors (Lipinski definition) is 2. The summed E-state index contributed by atoms with van der Waals surface area (Å²) < 4.78 is 20.4. The summed E-state index contributed by atoms with van der Waals surface area (Å²) in [7, 11) is -1.05. The average molecular weight is 231 g/mol. The first-order valence-corrected chi connectivity index (χ1v) is 6.43. The van der Waals surface area contributed by atoms with Crippen LogP contribution in [0.1, 0.15) is 33.6 Å². The molecule has 15 heavy (non-hydrogen) atoms. The molecule has 1 N–H and O–H groups in total. The molecule has 1 heterocycles. The quantitative estimate of drug-likeness (QED) is 0.749. The summed E-state index contributed by atoms with van der Waals surface area (Å²) in [5.41, 5.74) is -0.167. The maximum Gasteiger partial charge on any atom is 0.0976 e. The predicted molar refractivity (Wildman–Crippen MR) is 64.0 cm³/mol. The molecule has 0 radical (unpaired) electrons. The molecule has 0 aromatic rings. The molecule has 0 spiro atoms. The first-order valence-electron chi connectivity index (χ1n) is 5.28. The molecule has 0 aliphatic carbocycles. The lowest BCUT2D eigenvalue weighted by Crippen LogP contribution is -2.50. The van der Waals surface area contributed by atoms with Gasteiger partial charge < -0.3 is 4.74 Å². The minimum atomic E-state index is -1.05. The van der Waals surface area contributed by atoms with Crippen LogP contribution in [0.4, 0.5) is 0 Å². The van der Waals surface area contributed by atoms with Crippen molar-refractivity contribution in [3.8, 4) is 0 Å². The fraction of sp³-hybridized carbons (Fsp3) is 0.818. The van der Waals surface area contributed by atoms with Crippen molar-refractivity contribution >= 4 is 11.0 Å². The van der Waals surface area contributed by atoms with E-state index in [-0.39, 0.29) is 10.3 Å². The average Bonchev–Trinajstić information content (AvgIpc) is 2.52. The molecule has 0 unspecified atom stereocenters. The fourth-order valence-corrected chi connectivity index (χ4v) is 2.46. The van der Waals surface area contributed by atoms with Gasteiger partial charge in [-0.25, -0.2) is 8.93 Å². The van der Waals surface area contributed by atoms with Gasteiger partial charge >= 0.3 is 0 Å². The summed E-state index contributed by atoms with van der Waals surface area (Å²) in [4.78, 5) is 0. The van der Waals surface area contributed by atoms with E-state index in [4.69, 9.17) is 4.74 Å². The highest BCUT2D eigenvalue weighted by molar-refractivity contribution is 7.84. The maximum atomic E-state index is 12.0. The fourth-order valence-electron chi connectivity index (χ4n) is 1.52. The summed E-state index contributed by atoms with van der Waals surface area (Å²) >= 11 is 0. The molecule has 1 saturated heterocycles. The lowest BCUT2D eigenvalue weighted by Gasteiger charge is -2.30. The first-order chi connectivity index (χ1) is 6.90. The Bertz CT molecular complexity index is 252. The van der Waals surface area contributed by atoms with Gasteiger partial charge in [-0.2, -0.15) is 0 Å². The molecule has 1 aliphatic heterocycles. The van der Waals surface area contributed by atoms with Gasteiger partial charge in [-0.15, -0.1) is 6.58 Å². The molecule has 0 amide bonds. The number of rotatable bonds is 4. The molecule has 1 fully saturated rings. The van der Waals surface area contributed by atoms with Crippen LogP contribution in [0.5, 0.6) is 0 Å². The van der Waals surface area contributed by atoms with Gasteiger partial charge in [-0.05, 0) is 33.6 Å². The maximum absolute atomic E-state index is 12.0. The number of hydrogen-bond donors (Lipinski definition) is 1. The van der Waals surface area contributed by atoms with Crippen LogP contribution in [0.3, 0.4) is 0 Å². The van der Waals surface area contributed by atoms with Crippen molar-refractivity contribution < 1.29 is 8.95 Å². The van der Waals surface area contributed by atoms with Gasteiger partial charge in [0.25, 0.3) is 0 Å². The zero-order valence-electron chi connectivity index (χ0n) is 9.84. The van der Waals surface area contributed by atoms with Gasteiger partial charge in [0.05, 0.1) is 27.9 Å². The van der Waals surface area contributed by atoms with Crippen LogP contribution >= 0.6 is 0 Å². The van der Waals surface area contributed by atoms with Gasteiger partial charge in [0, 0.05) is 6.61 Å². The van der Waals surface area contributed by atoms with E-state index >= 15 is 0 Å². The summed E-state index contributed by atoms with van der Waals surface area (Å²) in [5, 5.41) is 0. The van der Waals surface area contributed by atoms with Gasteiger partial charge in [0.2, 0.25) is 0 Å². The van der Waals surface area contributed by atoms with E-state index in [1.807, 2.05) is 26.8 Å². The molecule has 4 heteroatoms. The van der Waals surface area contributed by atoms with Crippen LogP contribution in [0, 0.1) is 0 Å². The van der Waals surface area contributed by atoms with Gasteiger partial charge in [0.15, 0.2) is 0 Å². The summed E-state index contributed by atoms with van der Waals surface area (Å²) in [6, 6.07) is 0. The Hall–Kier alpha value is -0.190. The second-order valence-electron chi connectivity index (χ2n) is 5.06. The Balaban J connectivity index is 2.67. The zero-order chi connectivity index (χ0) is 11.5. The molecular formula is C11H21NO2S. The second kappa shape index (κ2) is 4.76. The van der Waals surface area contributed by atoms with Crippen LogP contribution in [0.2, 0.25) is 0 Å². The largest absolute Gasteiger partial charge is 0.379 e. The molecule has 0 aromatic carbocycles. The SMILES string of the molecule is C=CC[C@]1(N[S@](=O)C(C)(C)C)CCOC1. The van der Waals surface area contributed by atoms with E-state index in [0.29, 0.717) is 6.61 Å². The second-order valence-corrected chi connectivity index (χ2v) is 7.03. The lowest BCUT2D eigenvalue weighted by molar-refractivity contribution is 0.174. The highest BCUT2D eigenvalue weighted by atomic mass is 32.2. The first kappa shape index (κ1) is 12.9. The minimum Gasteiger partial charge on any atom is -0.379 e. The van der Waals surface area contributed by atoms with Crippen LogP contribution < -0.4 is 4.72 Å². The third-order valence-electron chi connectivity index (χ3n) is 2.50. The third kappa shape index (κ3) is 3.40. The van der Waals surface area contributed by atoms with Gasteiger partial charge in [0.1, 0.15) is 0 Å². The Morgan fingerprint density at radius 2 is 2.27 bits per heavy atom. The smallest absolute Gasteiger partial charge is 0.0976 e.